The number of hydrogen-bond donors (Lipinski definition) is 2. The van der Waals surface area contributed by atoms with Gasteiger partial charge >= 0.3 is 0 Å². The van der Waals surface area contributed by atoms with Crippen LogP contribution in [0.3, 0.4) is 0 Å². The summed E-state index contributed by atoms with van der Waals surface area (Å²) in [7, 11) is 0. The van der Waals surface area contributed by atoms with Crippen molar-refractivity contribution in [2.75, 3.05) is 13.1 Å². The Balaban J connectivity index is 1.42. The number of ketones is 1. The molecule has 0 aromatic heterocycles. The molecule has 30 heavy (non-hydrogen) atoms. The number of carbonyl (C=O) groups is 1. The van der Waals surface area contributed by atoms with Gasteiger partial charge in [0, 0.05) is 18.7 Å². The third kappa shape index (κ3) is 3.91. The molecule has 0 amide bonds. The highest BCUT2D eigenvalue weighted by Gasteiger charge is 2.50. The van der Waals surface area contributed by atoms with Gasteiger partial charge in [0.05, 0.1) is 11.6 Å². The van der Waals surface area contributed by atoms with Crippen molar-refractivity contribution in [3.8, 4) is 5.75 Å². The van der Waals surface area contributed by atoms with Gasteiger partial charge in [0.15, 0.2) is 5.78 Å². The molecule has 3 unspecified atom stereocenters. The van der Waals surface area contributed by atoms with Crippen LogP contribution in [0.2, 0.25) is 0 Å². The van der Waals surface area contributed by atoms with Crippen molar-refractivity contribution >= 4 is 5.78 Å². The average molecular weight is 408 g/mol. The second-order valence-electron chi connectivity index (χ2n) is 10.3. The number of carbonyl (C=O) groups excluding carboxylic acids is 1. The average Bonchev–Trinajstić information content (AvgIpc) is 3.22. The molecular weight excluding hydrogens is 374 g/mol. The molecule has 4 rings (SSSR count). The van der Waals surface area contributed by atoms with Crippen molar-refractivity contribution in [3.63, 3.8) is 0 Å². The van der Waals surface area contributed by atoms with Crippen molar-refractivity contribution in [3.05, 3.63) is 65.2 Å². The van der Waals surface area contributed by atoms with Gasteiger partial charge in [-0.3, -0.25) is 9.69 Å². The van der Waals surface area contributed by atoms with Crippen LogP contribution in [0.4, 0.5) is 0 Å². The summed E-state index contributed by atoms with van der Waals surface area (Å²) in [6.07, 6.45) is 1.51. The number of fused-ring (bicyclic) bond motifs is 1. The minimum absolute atomic E-state index is 0.0861. The first-order chi connectivity index (χ1) is 14.1. The number of likely N-dealkylation sites (tertiary alicyclic amines) is 1. The molecule has 2 N–H and O–H groups in total. The van der Waals surface area contributed by atoms with Gasteiger partial charge in [0.1, 0.15) is 5.75 Å². The van der Waals surface area contributed by atoms with E-state index in [1.807, 2.05) is 6.92 Å². The summed E-state index contributed by atoms with van der Waals surface area (Å²) in [5.74, 6) is 1.08. The number of aliphatic hydroxyl groups is 1. The van der Waals surface area contributed by atoms with E-state index in [2.05, 4.69) is 49.9 Å². The number of aromatic hydroxyl groups is 1. The fourth-order valence-corrected chi connectivity index (χ4v) is 5.25. The lowest BCUT2D eigenvalue weighted by atomic mass is 9.84. The molecule has 0 bridgehead atoms. The maximum Gasteiger partial charge on any atom is 0.179 e. The molecule has 2 aromatic rings. The molecule has 4 nitrogen and oxygen atoms in total. The second kappa shape index (κ2) is 7.51. The zero-order chi connectivity index (χ0) is 21.7. The van der Waals surface area contributed by atoms with Crippen LogP contribution in [-0.4, -0.2) is 40.0 Å². The Morgan fingerprint density at radius 3 is 2.03 bits per heavy atom. The van der Waals surface area contributed by atoms with Crippen LogP contribution in [0.15, 0.2) is 48.5 Å². The molecule has 2 fully saturated rings. The molecule has 2 aromatic carbocycles. The highest BCUT2D eigenvalue weighted by molar-refractivity contribution is 5.99. The molecule has 0 spiro atoms. The third-order valence-electron chi connectivity index (χ3n) is 7.17. The highest BCUT2D eigenvalue weighted by Crippen LogP contribution is 2.49. The van der Waals surface area contributed by atoms with Crippen LogP contribution in [0, 0.1) is 11.8 Å². The third-order valence-corrected chi connectivity index (χ3v) is 7.17. The highest BCUT2D eigenvalue weighted by atomic mass is 16.3. The Bertz CT molecular complexity index is 897. The van der Waals surface area contributed by atoms with Crippen LogP contribution in [0.25, 0.3) is 0 Å². The molecular formula is C26H33NO3. The number of rotatable bonds is 4. The van der Waals surface area contributed by atoms with Crippen molar-refractivity contribution in [2.24, 2.45) is 11.8 Å². The Hall–Kier alpha value is -2.17. The molecule has 3 atom stereocenters. The zero-order valence-electron chi connectivity index (χ0n) is 18.4. The number of benzene rings is 2. The smallest absolute Gasteiger partial charge is 0.179 e. The lowest BCUT2D eigenvalue weighted by Gasteiger charge is -2.29. The summed E-state index contributed by atoms with van der Waals surface area (Å²) in [6.45, 7) is 10.3. The first-order valence-electron chi connectivity index (χ1n) is 11.0. The Morgan fingerprint density at radius 2 is 1.53 bits per heavy atom. The number of phenols is 1. The van der Waals surface area contributed by atoms with Crippen LogP contribution in [0.1, 0.15) is 62.0 Å². The molecule has 2 aliphatic rings. The van der Waals surface area contributed by atoms with Crippen molar-refractivity contribution < 1.29 is 15.0 Å². The maximum absolute atomic E-state index is 12.9. The van der Waals surface area contributed by atoms with E-state index in [-0.39, 0.29) is 23.0 Å². The first kappa shape index (κ1) is 21.1. The lowest BCUT2D eigenvalue weighted by molar-refractivity contribution is 0.0297. The predicted molar refractivity (Wildman–Crippen MR) is 119 cm³/mol. The fraction of sp³-hybridized carbons (Fsp3) is 0.500. The normalized spacial score (nSPS) is 27.8. The minimum atomic E-state index is -0.762. The SMILES string of the molecule is CC(C(=O)c1ccc(O)cc1)N1CC2CC(O)(c3ccc(C(C)(C)C)cc3)CC2C1. The maximum atomic E-state index is 12.9. The first-order valence-corrected chi connectivity index (χ1v) is 11.0. The molecule has 1 saturated carbocycles. The van der Waals surface area contributed by atoms with Gasteiger partial charge in [-0.15, -0.1) is 0 Å². The number of nitrogens with zero attached hydrogens (tertiary/aromatic N) is 1. The Morgan fingerprint density at radius 1 is 1.00 bits per heavy atom. The predicted octanol–water partition coefficient (Wildman–Crippen LogP) is 4.49. The quantitative estimate of drug-likeness (QED) is 0.733. The van der Waals surface area contributed by atoms with Gasteiger partial charge in [0.25, 0.3) is 0 Å². The number of Topliss-reactive ketones (excluding diaryl/α,β-unsaturated/α-hetero) is 1. The minimum Gasteiger partial charge on any atom is -0.508 e. The summed E-state index contributed by atoms with van der Waals surface area (Å²) in [4.78, 5) is 15.1. The largest absolute Gasteiger partial charge is 0.508 e. The van der Waals surface area contributed by atoms with Gasteiger partial charge in [-0.05, 0) is 72.4 Å². The zero-order valence-corrected chi connectivity index (χ0v) is 18.4. The molecule has 0 radical (unpaired) electrons. The summed E-state index contributed by atoms with van der Waals surface area (Å²) in [5, 5.41) is 20.8. The summed E-state index contributed by atoms with van der Waals surface area (Å²) in [6, 6.07) is 14.8. The van der Waals surface area contributed by atoms with E-state index in [4.69, 9.17) is 0 Å². The Labute approximate surface area is 179 Å². The van der Waals surface area contributed by atoms with E-state index in [0.717, 1.165) is 31.5 Å². The monoisotopic (exact) mass is 407 g/mol. The van der Waals surface area contributed by atoms with E-state index in [1.165, 1.54) is 5.56 Å². The van der Waals surface area contributed by atoms with Gasteiger partial charge < -0.3 is 10.2 Å². The molecule has 1 aliphatic heterocycles. The summed E-state index contributed by atoms with van der Waals surface area (Å²) in [5.41, 5.74) is 2.27. The molecule has 1 saturated heterocycles. The van der Waals surface area contributed by atoms with Gasteiger partial charge in [0.2, 0.25) is 0 Å². The molecule has 1 aliphatic carbocycles. The van der Waals surface area contributed by atoms with E-state index in [1.54, 1.807) is 24.3 Å². The molecule has 4 heteroatoms. The van der Waals surface area contributed by atoms with Crippen molar-refractivity contribution in [1.29, 1.82) is 0 Å². The van der Waals surface area contributed by atoms with Crippen LogP contribution in [-0.2, 0) is 11.0 Å². The van der Waals surface area contributed by atoms with Crippen LogP contribution in [0.5, 0.6) is 5.75 Å². The Kier molecular flexibility index (Phi) is 5.27. The van der Waals surface area contributed by atoms with E-state index < -0.39 is 5.60 Å². The molecule has 160 valence electrons. The van der Waals surface area contributed by atoms with Crippen LogP contribution >= 0.6 is 0 Å². The van der Waals surface area contributed by atoms with Gasteiger partial charge in [-0.2, -0.15) is 0 Å². The second-order valence-corrected chi connectivity index (χ2v) is 10.3. The number of hydrogen-bond acceptors (Lipinski definition) is 4. The standard InChI is InChI=1S/C26H33NO3/c1-17(24(29)18-5-11-23(28)12-6-18)27-15-19-13-26(30,14-20(19)16-27)22-9-7-21(8-10-22)25(2,3)4/h5-12,17,19-20,28,30H,13-16H2,1-4H3. The topological polar surface area (TPSA) is 60.8 Å². The summed E-state index contributed by atoms with van der Waals surface area (Å²) < 4.78 is 0. The van der Waals surface area contributed by atoms with Crippen LogP contribution < -0.4 is 0 Å². The van der Waals surface area contributed by atoms with E-state index in [9.17, 15) is 15.0 Å². The van der Waals surface area contributed by atoms with E-state index in [0.29, 0.717) is 17.4 Å². The summed E-state index contributed by atoms with van der Waals surface area (Å²) >= 11 is 0. The number of phenolic OH excluding ortho intramolecular Hbond substituents is 1. The van der Waals surface area contributed by atoms with Crippen molar-refractivity contribution in [1.82, 2.24) is 4.90 Å². The van der Waals surface area contributed by atoms with E-state index >= 15 is 0 Å². The fourth-order valence-electron chi connectivity index (χ4n) is 5.25. The molecule has 1 heterocycles. The lowest BCUT2D eigenvalue weighted by Crippen LogP contribution is -2.39. The van der Waals surface area contributed by atoms with Crippen molar-refractivity contribution in [2.45, 2.75) is 57.6 Å². The van der Waals surface area contributed by atoms with Gasteiger partial charge in [-0.25, -0.2) is 0 Å². The van der Waals surface area contributed by atoms with Gasteiger partial charge in [-0.1, -0.05) is 45.0 Å².